The third-order valence-electron chi connectivity index (χ3n) is 2.68. The smallest absolute Gasteiger partial charge is 0.207 e. The zero-order valence-corrected chi connectivity index (χ0v) is 11.0. The third-order valence-corrected chi connectivity index (χ3v) is 2.68. The Labute approximate surface area is 114 Å². The summed E-state index contributed by atoms with van der Waals surface area (Å²) in [6.45, 7) is 2.28. The Hall–Kier alpha value is -2.02. The normalized spacial score (nSPS) is 12.4. The van der Waals surface area contributed by atoms with Crippen LogP contribution < -0.4 is 5.32 Å². The first-order valence-electron chi connectivity index (χ1n) is 5.96. The lowest BCUT2D eigenvalue weighted by Crippen LogP contribution is -2.23. The van der Waals surface area contributed by atoms with Gasteiger partial charge in [0, 0.05) is 37.7 Å². The van der Waals surface area contributed by atoms with E-state index in [1.165, 1.54) is 17.0 Å². The first kappa shape index (κ1) is 14.4. The van der Waals surface area contributed by atoms with Gasteiger partial charge in [-0.25, -0.2) is 18.2 Å². The molecule has 1 unspecified atom stereocenters. The van der Waals surface area contributed by atoms with Gasteiger partial charge in [0.2, 0.25) is 5.95 Å². The number of hydrogen-bond donors (Lipinski definition) is 1. The van der Waals surface area contributed by atoms with Crippen LogP contribution in [-0.2, 0) is 4.74 Å². The van der Waals surface area contributed by atoms with Gasteiger partial charge in [0.05, 0.1) is 12.3 Å². The molecule has 1 aromatic carbocycles. The van der Waals surface area contributed by atoms with Gasteiger partial charge in [0.25, 0.3) is 0 Å². The van der Waals surface area contributed by atoms with Crippen LogP contribution in [0.15, 0.2) is 24.5 Å². The fourth-order valence-electron chi connectivity index (χ4n) is 1.81. The summed E-state index contributed by atoms with van der Waals surface area (Å²) < 4.78 is 46.2. The lowest BCUT2D eigenvalue weighted by molar-refractivity contribution is 0.190. The van der Waals surface area contributed by atoms with Crippen molar-refractivity contribution in [1.29, 1.82) is 0 Å². The number of aromatic nitrogens is 2. The van der Waals surface area contributed by atoms with Gasteiger partial charge in [0.1, 0.15) is 5.82 Å². The van der Waals surface area contributed by atoms with E-state index in [2.05, 4.69) is 10.3 Å². The van der Waals surface area contributed by atoms with Gasteiger partial charge in [-0.3, -0.25) is 4.57 Å². The highest BCUT2D eigenvalue weighted by atomic mass is 19.2. The molecule has 2 rings (SSSR count). The van der Waals surface area contributed by atoms with Crippen LogP contribution in [0.5, 0.6) is 0 Å². The quantitative estimate of drug-likeness (QED) is 0.859. The van der Waals surface area contributed by atoms with Gasteiger partial charge in [-0.1, -0.05) is 0 Å². The van der Waals surface area contributed by atoms with Gasteiger partial charge >= 0.3 is 0 Å². The minimum Gasteiger partial charge on any atom is -0.383 e. The summed E-state index contributed by atoms with van der Waals surface area (Å²) in [5.41, 5.74) is -0.117. The molecule has 0 saturated heterocycles. The van der Waals surface area contributed by atoms with Crippen molar-refractivity contribution in [3.63, 3.8) is 0 Å². The molecular weight excluding hydrogens is 271 g/mol. The van der Waals surface area contributed by atoms with Crippen molar-refractivity contribution >= 4 is 5.95 Å². The maximum Gasteiger partial charge on any atom is 0.207 e. The number of methoxy groups -OCH3 is 1. The van der Waals surface area contributed by atoms with Crippen molar-refractivity contribution < 1.29 is 17.9 Å². The van der Waals surface area contributed by atoms with E-state index >= 15 is 0 Å². The van der Waals surface area contributed by atoms with Gasteiger partial charge in [-0.15, -0.1) is 0 Å². The number of nitrogens with one attached hydrogen (secondary N) is 1. The molecule has 0 aliphatic rings. The number of nitrogens with zero attached hydrogens (tertiary/aromatic N) is 2. The average Bonchev–Trinajstić information content (AvgIpc) is 2.82. The van der Waals surface area contributed by atoms with E-state index in [1.807, 2.05) is 6.92 Å². The summed E-state index contributed by atoms with van der Waals surface area (Å²) in [6, 6.07) is 1.22. The minimum absolute atomic E-state index is 0.0745. The fourth-order valence-corrected chi connectivity index (χ4v) is 1.81. The van der Waals surface area contributed by atoms with E-state index < -0.39 is 17.5 Å². The zero-order chi connectivity index (χ0) is 14.7. The topological polar surface area (TPSA) is 39.1 Å². The first-order chi connectivity index (χ1) is 9.52. The molecule has 7 heteroatoms. The summed E-state index contributed by atoms with van der Waals surface area (Å²) >= 11 is 0. The molecule has 0 fully saturated rings. The summed E-state index contributed by atoms with van der Waals surface area (Å²) in [5.74, 6) is -2.90. The molecule has 108 valence electrons. The van der Waals surface area contributed by atoms with Crippen molar-refractivity contribution in [3.05, 3.63) is 42.0 Å². The second kappa shape index (κ2) is 5.96. The number of anilines is 1. The fraction of sp³-hybridized carbons (Fsp3) is 0.308. The van der Waals surface area contributed by atoms with Crippen LogP contribution in [-0.4, -0.2) is 29.3 Å². The van der Waals surface area contributed by atoms with E-state index in [9.17, 15) is 13.2 Å². The maximum atomic E-state index is 13.8. The summed E-state index contributed by atoms with van der Waals surface area (Å²) in [7, 11) is 1.56. The van der Waals surface area contributed by atoms with Crippen molar-refractivity contribution in [2.24, 2.45) is 0 Å². The highest BCUT2D eigenvalue weighted by Gasteiger charge is 2.15. The Bertz CT molecular complexity index is 601. The summed E-state index contributed by atoms with van der Waals surface area (Å²) in [5, 5.41) is 3.00. The van der Waals surface area contributed by atoms with Gasteiger partial charge in [-0.05, 0) is 6.92 Å². The summed E-state index contributed by atoms with van der Waals surface area (Å²) in [6.07, 6.45) is 2.89. The Balaban J connectivity index is 2.35. The molecule has 1 aromatic heterocycles. The Morgan fingerprint density at radius 1 is 1.25 bits per heavy atom. The highest BCUT2D eigenvalue weighted by Crippen LogP contribution is 2.21. The number of imidazole rings is 1. The average molecular weight is 285 g/mol. The predicted octanol–water partition coefficient (Wildman–Crippen LogP) is 2.74. The number of hydrogen-bond acceptors (Lipinski definition) is 3. The molecule has 1 heterocycles. The highest BCUT2D eigenvalue weighted by molar-refractivity contribution is 5.43. The molecule has 2 aromatic rings. The van der Waals surface area contributed by atoms with Crippen LogP contribution in [0, 0.1) is 17.5 Å². The second-order valence-electron chi connectivity index (χ2n) is 4.34. The van der Waals surface area contributed by atoms with Gasteiger partial charge in [-0.2, -0.15) is 0 Å². The van der Waals surface area contributed by atoms with Crippen LogP contribution in [0.2, 0.25) is 0 Å². The van der Waals surface area contributed by atoms with Crippen molar-refractivity contribution in [3.8, 4) is 5.69 Å². The van der Waals surface area contributed by atoms with E-state index in [1.54, 1.807) is 7.11 Å². The van der Waals surface area contributed by atoms with Gasteiger partial charge < -0.3 is 10.1 Å². The number of benzene rings is 1. The Kier molecular flexibility index (Phi) is 4.29. The molecule has 1 atom stereocenters. The SMILES string of the molecule is COCC(C)Nc1nccn1-c1cc(F)c(F)cc1F. The maximum absolute atomic E-state index is 13.8. The second-order valence-corrected chi connectivity index (χ2v) is 4.34. The lowest BCUT2D eigenvalue weighted by atomic mass is 10.3. The lowest BCUT2D eigenvalue weighted by Gasteiger charge is -2.15. The van der Waals surface area contributed by atoms with Gasteiger partial charge in [0.15, 0.2) is 11.6 Å². The molecule has 20 heavy (non-hydrogen) atoms. The first-order valence-corrected chi connectivity index (χ1v) is 5.96. The number of ether oxygens (including phenoxy) is 1. The third kappa shape index (κ3) is 2.93. The van der Waals surface area contributed by atoms with Crippen LogP contribution in [0.4, 0.5) is 19.1 Å². The number of rotatable bonds is 5. The van der Waals surface area contributed by atoms with Crippen LogP contribution in [0.1, 0.15) is 6.92 Å². The molecule has 4 nitrogen and oxygen atoms in total. The number of halogens is 3. The molecular formula is C13H14F3N3O. The van der Waals surface area contributed by atoms with Crippen LogP contribution in [0.25, 0.3) is 5.69 Å². The van der Waals surface area contributed by atoms with Crippen molar-refractivity contribution in [1.82, 2.24) is 9.55 Å². The molecule has 0 radical (unpaired) electrons. The van der Waals surface area contributed by atoms with Crippen molar-refractivity contribution in [2.75, 3.05) is 19.0 Å². The summed E-state index contributed by atoms with van der Waals surface area (Å²) in [4.78, 5) is 4.02. The molecule has 0 spiro atoms. The molecule has 0 aliphatic carbocycles. The molecule has 1 N–H and O–H groups in total. The molecule has 0 amide bonds. The van der Waals surface area contributed by atoms with Crippen LogP contribution in [0.3, 0.4) is 0 Å². The van der Waals surface area contributed by atoms with E-state index in [0.717, 1.165) is 6.07 Å². The predicted molar refractivity (Wildman–Crippen MR) is 68.4 cm³/mol. The van der Waals surface area contributed by atoms with Crippen molar-refractivity contribution in [2.45, 2.75) is 13.0 Å². The standard InChI is InChI=1S/C13H14F3N3O/c1-8(7-20-2)18-13-17-3-4-19(13)12-6-10(15)9(14)5-11(12)16/h3-6,8H,7H2,1-2H3,(H,17,18). The van der Waals surface area contributed by atoms with E-state index in [4.69, 9.17) is 4.74 Å². The Morgan fingerprint density at radius 2 is 1.95 bits per heavy atom. The largest absolute Gasteiger partial charge is 0.383 e. The molecule has 0 aliphatic heterocycles. The molecule has 0 saturated carbocycles. The Morgan fingerprint density at radius 3 is 2.65 bits per heavy atom. The van der Waals surface area contributed by atoms with E-state index in [0.29, 0.717) is 18.6 Å². The van der Waals surface area contributed by atoms with Crippen LogP contribution >= 0.6 is 0 Å². The van der Waals surface area contributed by atoms with E-state index in [-0.39, 0.29) is 11.7 Å². The zero-order valence-electron chi connectivity index (χ0n) is 11.0. The minimum atomic E-state index is -1.23. The monoisotopic (exact) mass is 285 g/mol. The molecule has 0 bridgehead atoms.